The normalized spacial score (nSPS) is 19.6. The maximum absolute atomic E-state index is 9.31. The Kier molecular flexibility index (Phi) is 3.79. The topological polar surface area (TPSA) is 45.4 Å². The van der Waals surface area contributed by atoms with Gasteiger partial charge in [0.2, 0.25) is 0 Å². The van der Waals surface area contributed by atoms with E-state index in [1.165, 1.54) is 24.0 Å². The van der Waals surface area contributed by atoms with Crippen molar-refractivity contribution >= 4 is 0 Å². The van der Waals surface area contributed by atoms with Crippen LogP contribution in [0.3, 0.4) is 0 Å². The second-order valence-corrected chi connectivity index (χ2v) is 5.68. The van der Waals surface area contributed by atoms with E-state index in [4.69, 9.17) is 4.42 Å². The molecule has 3 heteroatoms. The Balaban J connectivity index is 1.62. The van der Waals surface area contributed by atoms with Crippen LogP contribution >= 0.6 is 0 Å². The first-order valence-electron chi connectivity index (χ1n) is 7.32. The van der Waals surface area contributed by atoms with E-state index >= 15 is 0 Å². The number of phenolic OH excluding ortho intramolecular Hbond substituents is 1. The van der Waals surface area contributed by atoms with Crippen molar-refractivity contribution in [2.75, 3.05) is 0 Å². The molecule has 2 aromatic rings. The van der Waals surface area contributed by atoms with Gasteiger partial charge < -0.3 is 14.8 Å². The number of nitrogens with one attached hydrogen (secondary N) is 1. The quantitative estimate of drug-likeness (QED) is 0.893. The number of fused-ring (bicyclic) bond motifs is 1. The van der Waals surface area contributed by atoms with Crippen LogP contribution in [0.25, 0.3) is 0 Å². The summed E-state index contributed by atoms with van der Waals surface area (Å²) in [7, 11) is 0. The molecule has 1 aliphatic rings. The van der Waals surface area contributed by atoms with Crippen LogP contribution in [-0.4, -0.2) is 11.1 Å². The van der Waals surface area contributed by atoms with Gasteiger partial charge in [-0.2, -0.15) is 0 Å². The van der Waals surface area contributed by atoms with Crippen LogP contribution in [0.2, 0.25) is 0 Å². The lowest BCUT2D eigenvalue weighted by Gasteiger charge is -2.26. The second kappa shape index (κ2) is 5.71. The van der Waals surface area contributed by atoms with Crippen molar-refractivity contribution in [3.8, 4) is 5.75 Å². The molecule has 2 unspecified atom stereocenters. The molecule has 1 heterocycles. The van der Waals surface area contributed by atoms with Gasteiger partial charge in [-0.05, 0) is 49.9 Å². The fourth-order valence-corrected chi connectivity index (χ4v) is 3.05. The standard InChI is InChI=1S/C17H21NO2/c1-12(11-13-5-7-14(19)8-6-13)18-16-3-2-4-17-15(16)9-10-20-17/h5-10,12,16,18-19H,2-4,11H2,1H3. The number of hydrogen-bond acceptors (Lipinski definition) is 3. The zero-order chi connectivity index (χ0) is 13.9. The first-order valence-corrected chi connectivity index (χ1v) is 7.32. The summed E-state index contributed by atoms with van der Waals surface area (Å²) >= 11 is 0. The summed E-state index contributed by atoms with van der Waals surface area (Å²) in [6.45, 7) is 2.21. The monoisotopic (exact) mass is 271 g/mol. The molecule has 0 saturated carbocycles. The predicted octanol–water partition coefficient (Wildman–Crippen LogP) is 3.58. The van der Waals surface area contributed by atoms with Crippen molar-refractivity contribution in [3.63, 3.8) is 0 Å². The summed E-state index contributed by atoms with van der Waals surface area (Å²) in [6.07, 6.45) is 6.18. The van der Waals surface area contributed by atoms with Crippen LogP contribution < -0.4 is 5.32 Å². The van der Waals surface area contributed by atoms with E-state index in [2.05, 4.69) is 18.3 Å². The molecule has 20 heavy (non-hydrogen) atoms. The van der Waals surface area contributed by atoms with Crippen molar-refractivity contribution in [1.29, 1.82) is 0 Å². The van der Waals surface area contributed by atoms with Gasteiger partial charge in [-0.1, -0.05) is 12.1 Å². The van der Waals surface area contributed by atoms with Gasteiger partial charge in [0.25, 0.3) is 0 Å². The third-order valence-corrected chi connectivity index (χ3v) is 4.02. The highest BCUT2D eigenvalue weighted by molar-refractivity contribution is 5.27. The highest BCUT2D eigenvalue weighted by atomic mass is 16.3. The molecule has 3 rings (SSSR count). The van der Waals surface area contributed by atoms with E-state index in [1.54, 1.807) is 18.4 Å². The second-order valence-electron chi connectivity index (χ2n) is 5.68. The zero-order valence-electron chi connectivity index (χ0n) is 11.8. The smallest absolute Gasteiger partial charge is 0.115 e. The number of phenols is 1. The number of furan rings is 1. The maximum Gasteiger partial charge on any atom is 0.115 e. The van der Waals surface area contributed by atoms with Crippen LogP contribution in [0.1, 0.15) is 42.7 Å². The molecule has 0 bridgehead atoms. The first-order chi connectivity index (χ1) is 9.72. The number of benzene rings is 1. The molecule has 0 aliphatic heterocycles. The Bertz CT molecular complexity index is 559. The molecule has 0 saturated heterocycles. The fraction of sp³-hybridized carbons (Fsp3) is 0.412. The van der Waals surface area contributed by atoms with Crippen molar-refractivity contribution < 1.29 is 9.52 Å². The van der Waals surface area contributed by atoms with Gasteiger partial charge in [-0.25, -0.2) is 0 Å². The lowest BCUT2D eigenvalue weighted by molar-refractivity contribution is 0.380. The van der Waals surface area contributed by atoms with Gasteiger partial charge in [-0.3, -0.25) is 0 Å². The third kappa shape index (κ3) is 2.88. The minimum absolute atomic E-state index is 0.324. The summed E-state index contributed by atoms with van der Waals surface area (Å²) in [5.41, 5.74) is 2.57. The molecule has 0 spiro atoms. The molecular weight excluding hydrogens is 250 g/mol. The highest BCUT2D eigenvalue weighted by Gasteiger charge is 2.23. The number of aryl methyl sites for hydroxylation is 1. The lowest BCUT2D eigenvalue weighted by atomic mass is 9.92. The Morgan fingerprint density at radius 3 is 2.90 bits per heavy atom. The Labute approximate surface area is 119 Å². The van der Waals surface area contributed by atoms with E-state index in [9.17, 15) is 5.11 Å². The molecule has 3 nitrogen and oxygen atoms in total. The summed E-state index contributed by atoms with van der Waals surface area (Å²) in [5, 5.41) is 13.0. The summed E-state index contributed by atoms with van der Waals surface area (Å²) in [4.78, 5) is 0. The molecule has 0 radical (unpaired) electrons. The SMILES string of the molecule is CC(Cc1ccc(O)cc1)NC1CCCc2occc21. The number of rotatable bonds is 4. The van der Waals surface area contributed by atoms with Crippen molar-refractivity contribution in [1.82, 2.24) is 5.32 Å². The largest absolute Gasteiger partial charge is 0.508 e. The Hall–Kier alpha value is -1.74. The van der Waals surface area contributed by atoms with E-state index in [-0.39, 0.29) is 0 Å². The van der Waals surface area contributed by atoms with Crippen LogP contribution in [0.15, 0.2) is 41.0 Å². The molecule has 2 atom stereocenters. The average molecular weight is 271 g/mol. The molecule has 1 aromatic heterocycles. The molecular formula is C17H21NO2. The van der Waals surface area contributed by atoms with Gasteiger partial charge in [0.1, 0.15) is 11.5 Å². The summed E-state index contributed by atoms with van der Waals surface area (Å²) in [5.74, 6) is 1.47. The molecule has 2 N–H and O–H groups in total. The van der Waals surface area contributed by atoms with E-state index in [0.717, 1.165) is 18.6 Å². The zero-order valence-corrected chi connectivity index (χ0v) is 11.8. The first kappa shape index (κ1) is 13.3. The molecule has 0 fully saturated rings. The number of hydrogen-bond donors (Lipinski definition) is 2. The molecule has 0 amide bonds. The van der Waals surface area contributed by atoms with Crippen LogP contribution in [0.4, 0.5) is 0 Å². The highest BCUT2D eigenvalue weighted by Crippen LogP contribution is 2.30. The minimum atomic E-state index is 0.324. The maximum atomic E-state index is 9.31. The average Bonchev–Trinajstić information content (AvgIpc) is 2.91. The third-order valence-electron chi connectivity index (χ3n) is 4.02. The van der Waals surface area contributed by atoms with Crippen LogP contribution in [-0.2, 0) is 12.8 Å². The van der Waals surface area contributed by atoms with Crippen LogP contribution in [0, 0.1) is 0 Å². The van der Waals surface area contributed by atoms with Gasteiger partial charge >= 0.3 is 0 Å². The van der Waals surface area contributed by atoms with Gasteiger partial charge in [0.05, 0.1) is 6.26 Å². The summed E-state index contributed by atoms with van der Waals surface area (Å²) in [6, 6.07) is 10.4. The van der Waals surface area contributed by atoms with E-state index < -0.39 is 0 Å². The van der Waals surface area contributed by atoms with E-state index in [0.29, 0.717) is 17.8 Å². The Morgan fingerprint density at radius 2 is 2.10 bits per heavy atom. The predicted molar refractivity (Wildman–Crippen MR) is 78.8 cm³/mol. The van der Waals surface area contributed by atoms with Crippen LogP contribution in [0.5, 0.6) is 5.75 Å². The van der Waals surface area contributed by atoms with E-state index in [1.807, 2.05) is 12.1 Å². The molecule has 1 aromatic carbocycles. The summed E-state index contributed by atoms with van der Waals surface area (Å²) < 4.78 is 5.53. The van der Waals surface area contributed by atoms with Gasteiger partial charge in [0.15, 0.2) is 0 Å². The fourth-order valence-electron chi connectivity index (χ4n) is 3.05. The van der Waals surface area contributed by atoms with Crippen molar-refractivity contribution in [3.05, 3.63) is 53.5 Å². The Morgan fingerprint density at radius 1 is 1.30 bits per heavy atom. The molecule has 106 valence electrons. The minimum Gasteiger partial charge on any atom is -0.508 e. The number of aromatic hydroxyl groups is 1. The lowest BCUT2D eigenvalue weighted by Crippen LogP contribution is -2.33. The molecule has 1 aliphatic carbocycles. The van der Waals surface area contributed by atoms with Crippen molar-refractivity contribution in [2.24, 2.45) is 0 Å². The van der Waals surface area contributed by atoms with Crippen molar-refractivity contribution in [2.45, 2.75) is 44.7 Å². The van der Waals surface area contributed by atoms with Gasteiger partial charge in [-0.15, -0.1) is 0 Å². The van der Waals surface area contributed by atoms with Gasteiger partial charge in [0, 0.05) is 24.1 Å².